The Morgan fingerprint density at radius 2 is 1.85 bits per heavy atom. The third-order valence-corrected chi connectivity index (χ3v) is 9.94. The number of hydrogen-bond acceptors (Lipinski definition) is 4. The van der Waals surface area contributed by atoms with E-state index in [1.807, 2.05) is 0 Å². The number of hydrogen-bond donors (Lipinski definition) is 1. The summed E-state index contributed by atoms with van der Waals surface area (Å²) in [5, 5.41) is 9.81. The predicted octanol–water partition coefficient (Wildman–Crippen LogP) is 2.77. The number of ether oxygens (including phenoxy) is 2. The zero-order chi connectivity index (χ0) is 15.0. The zero-order valence-electron chi connectivity index (χ0n) is 13.6. The first kappa shape index (κ1) is 16.4. The van der Waals surface area contributed by atoms with Gasteiger partial charge in [-0.15, -0.1) is 0 Å². The lowest BCUT2D eigenvalue weighted by molar-refractivity contribution is -0.194. The molecule has 1 saturated carbocycles. The molecular formula is C15H30O4Si. The average Bonchev–Trinajstić information content (AvgIpc) is 2.94. The van der Waals surface area contributed by atoms with Crippen LogP contribution in [0.3, 0.4) is 0 Å². The topological polar surface area (TPSA) is 47.9 Å². The highest BCUT2D eigenvalue weighted by atomic mass is 28.4. The number of aliphatic hydroxyl groups excluding tert-OH is 1. The van der Waals surface area contributed by atoms with Gasteiger partial charge in [-0.2, -0.15) is 0 Å². The van der Waals surface area contributed by atoms with Crippen molar-refractivity contribution in [3.05, 3.63) is 0 Å². The molecule has 4 nitrogen and oxygen atoms in total. The fraction of sp³-hybridized carbons (Fsp3) is 1.00. The van der Waals surface area contributed by atoms with Crippen molar-refractivity contribution in [3.63, 3.8) is 0 Å². The highest BCUT2D eigenvalue weighted by Gasteiger charge is 2.53. The Morgan fingerprint density at radius 3 is 2.35 bits per heavy atom. The quantitative estimate of drug-likeness (QED) is 0.811. The molecule has 0 bridgehead atoms. The molecule has 0 unspecified atom stereocenters. The molecular weight excluding hydrogens is 272 g/mol. The Morgan fingerprint density at radius 1 is 1.25 bits per heavy atom. The fourth-order valence-electron chi connectivity index (χ4n) is 2.96. The van der Waals surface area contributed by atoms with Crippen molar-refractivity contribution in [2.24, 2.45) is 11.8 Å². The second kappa shape index (κ2) is 5.69. The zero-order valence-corrected chi connectivity index (χ0v) is 14.6. The van der Waals surface area contributed by atoms with Crippen molar-refractivity contribution in [3.8, 4) is 0 Å². The van der Waals surface area contributed by atoms with E-state index >= 15 is 0 Å². The molecule has 2 fully saturated rings. The van der Waals surface area contributed by atoms with E-state index in [4.69, 9.17) is 13.9 Å². The van der Waals surface area contributed by atoms with E-state index < -0.39 is 14.1 Å². The Labute approximate surface area is 123 Å². The van der Waals surface area contributed by atoms with Crippen LogP contribution in [0, 0.1) is 11.8 Å². The molecule has 1 aliphatic carbocycles. The second-order valence-corrected chi connectivity index (χ2v) is 12.5. The van der Waals surface area contributed by atoms with E-state index in [-0.39, 0.29) is 23.5 Å². The SMILES string of the molecule is CC(C)(C)[Si](C)(C)OC[C@H]1[C@H](CO)CCC12OCCO2. The lowest BCUT2D eigenvalue weighted by Crippen LogP contribution is -2.46. The third kappa shape index (κ3) is 2.97. The van der Waals surface area contributed by atoms with E-state index in [1.54, 1.807) is 0 Å². The van der Waals surface area contributed by atoms with Crippen LogP contribution in [0.15, 0.2) is 0 Å². The number of rotatable bonds is 4. The molecule has 1 spiro atoms. The van der Waals surface area contributed by atoms with Crippen LogP contribution in [0.2, 0.25) is 18.1 Å². The molecule has 0 aromatic heterocycles. The maximum atomic E-state index is 9.61. The molecule has 1 aliphatic heterocycles. The summed E-state index contributed by atoms with van der Waals surface area (Å²) in [4.78, 5) is 0. The molecule has 2 atom stereocenters. The van der Waals surface area contributed by atoms with Crippen LogP contribution in [0.1, 0.15) is 33.6 Å². The van der Waals surface area contributed by atoms with E-state index in [2.05, 4.69) is 33.9 Å². The highest BCUT2D eigenvalue weighted by molar-refractivity contribution is 6.74. The second-order valence-electron chi connectivity index (χ2n) is 7.67. The van der Waals surface area contributed by atoms with E-state index in [9.17, 15) is 5.11 Å². The van der Waals surface area contributed by atoms with E-state index in [0.717, 1.165) is 12.8 Å². The largest absolute Gasteiger partial charge is 0.416 e. The summed E-state index contributed by atoms with van der Waals surface area (Å²) in [6.07, 6.45) is 1.84. The van der Waals surface area contributed by atoms with Crippen molar-refractivity contribution in [2.75, 3.05) is 26.4 Å². The molecule has 20 heavy (non-hydrogen) atoms. The summed E-state index contributed by atoms with van der Waals surface area (Å²) < 4.78 is 18.2. The lowest BCUT2D eigenvalue weighted by atomic mass is 9.94. The van der Waals surface area contributed by atoms with Crippen LogP contribution in [-0.2, 0) is 13.9 Å². The first-order chi connectivity index (χ1) is 9.22. The molecule has 5 heteroatoms. The Hall–Kier alpha value is 0.0569. The predicted molar refractivity (Wildman–Crippen MR) is 81.1 cm³/mol. The van der Waals surface area contributed by atoms with Gasteiger partial charge in [-0.25, -0.2) is 0 Å². The third-order valence-electron chi connectivity index (χ3n) is 5.44. The van der Waals surface area contributed by atoms with Crippen LogP contribution < -0.4 is 0 Å². The Kier molecular flexibility index (Phi) is 4.67. The van der Waals surface area contributed by atoms with Crippen molar-refractivity contribution < 1.29 is 19.0 Å². The standard InChI is InChI=1S/C15H30O4Si/c1-14(2,3)20(4,5)19-11-13-12(10-16)6-7-15(13)17-8-9-18-15/h12-13,16H,6-11H2,1-5H3/t12-,13-/m0/s1. The van der Waals surface area contributed by atoms with Gasteiger partial charge in [0.15, 0.2) is 14.1 Å². The molecule has 0 aromatic rings. The van der Waals surface area contributed by atoms with Gasteiger partial charge in [0.2, 0.25) is 0 Å². The van der Waals surface area contributed by atoms with E-state index in [1.165, 1.54) is 0 Å². The molecule has 2 aliphatic rings. The highest BCUT2D eigenvalue weighted by Crippen LogP contribution is 2.47. The van der Waals surface area contributed by atoms with Gasteiger partial charge < -0.3 is 19.0 Å². The average molecular weight is 302 g/mol. The smallest absolute Gasteiger partial charge is 0.191 e. The molecule has 1 N–H and O–H groups in total. The summed E-state index contributed by atoms with van der Waals surface area (Å²) in [7, 11) is -1.78. The minimum absolute atomic E-state index is 0.157. The monoisotopic (exact) mass is 302 g/mol. The van der Waals surface area contributed by atoms with Crippen LogP contribution in [-0.4, -0.2) is 45.6 Å². The van der Waals surface area contributed by atoms with Gasteiger partial charge in [0, 0.05) is 25.6 Å². The molecule has 0 amide bonds. The molecule has 2 rings (SSSR count). The molecule has 0 aromatic carbocycles. The van der Waals surface area contributed by atoms with Crippen LogP contribution in [0.5, 0.6) is 0 Å². The van der Waals surface area contributed by atoms with Gasteiger partial charge in [-0.3, -0.25) is 0 Å². The summed E-state index contributed by atoms with van der Waals surface area (Å²) in [6, 6.07) is 0. The molecule has 0 radical (unpaired) electrons. The van der Waals surface area contributed by atoms with Crippen molar-refractivity contribution in [1.29, 1.82) is 0 Å². The Balaban J connectivity index is 2.05. The summed E-state index contributed by atoms with van der Waals surface area (Å²) in [5.74, 6) is -0.0996. The van der Waals surface area contributed by atoms with Gasteiger partial charge in [0.25, 0.3) is 0 Å². The minimum Gasteiger partial charge on any atom is -0.416 e. The van der Waals surface area contributed by atoms with Crippen LogP contribution >= 0.6 is 0 Å². The number of aliphatic hydroxyl groups is 1. The van der Waals surface area contributed by atoms with Crippen molar-refractivity contribution in [2.45, 2.75) is 57.5 Å². The minimum atomic E-state index is -1.78. The molecule has 118 valence electrons. The molecule has 1 heterocycles. The van der Waals surface area contributed by atoms with Gasteiger partial charge in [0.1, 0.15) is 0 Å². The first-order valence-corrected chi connectivity index (χ1v) is 10.7. The summed E-state index contributed by atoms with van der Waals surface area (Å²) in [5.41, 5.74) is 0. The fourth-order valence-corrected chi connectivity index (χ4v) is 3.99. The maximum Gasteiger partial charge on any atom is 0.191 e. The van der Waals surface area contributed by atoms with Crippen molar-refractivity contribution >= 4 is 8.32 Å². The van der Waals surface area contributed by atoms with E-state index in [0.29, 0.717) is 19.8 Å². The Bertz CT molecular complexity index is 331. The normalized spacial score (nSPS) is 30.3. The van der Waals surface area contributed by atoms with Gasteiger partial charge in [-0.05, 0) is 30.5 Å². The van der Waals surface area contributed by atoms with Crippen LogP contribution in [0.25, 0.3) is 0 Å². The molecule has 1 saturated heterocycles. The van der Waals surface area contributed by atoms with Gasteiger partial charge in [-0.1, -0.05) is 20.8 Å². The summed E-state index contributed by atoms with van der Waals surface area (Å²) >= 11 is 0. The van der Waals surface area contributed by atoms with Gasteiger partial charge in [0.05, 0.1) is 13.2 Å². The van der Waals surface area contributed by atoms with Gasteiger partial charge >= 0.3 is 0 Å². The lowest BCUT2D eigenvalue weighted by Gasteiger charge is -2.39. The van der Waals surface area contributed by atoms with Crippen LogP contribution in [0.4, 0.5) is 0 Å². The summed E-state index contributed by atoms with van der Waals surface area (Å²) in [6.45, 7) is 13.4. The van der Waals surface area contributed by atoms with Crippen molar-refractivity contribution in [1.82, 2.24) is 0 Å². The first-order valence-electron chi connectivity index (χ1n) is 7.74. The maximum absolute atomic E-state index is 9.61.